The highest BCUT2D eigenvalue weighted by molar-refractivity contribution is 8.15. The maximum Gasteiger partial charge on any atom is 0.312 e. The van der Waals surface area contributed by atoms with Crippen molar-refractivity contribution in [2.45, 2.75) is 11.7 Å². The van der Waals surface area contributed by atoms with Gasteiger partial charge in [0.1, 0.15) is 11.0 Å². The maximum absolute atomic E-state index is 12.0. The molecular weight excluding hydrogens is 420 g/mol. The van der Waals surface area contributed by atoms with E-state index >= 15 is 0 Å². The summed E-state index contributed by atoms with van der Waals surface area (Å²) in [4.78, 5) is 50.3. The van der Waals surface area contributed by atoms with Gasteiger partial charge in [-0.05, 0) is 35.9 Å². The molecule has 1 aliphatic heterocycles. The molecule has 3 rings (SSSR count). The lowest BCUT2D eigenvalue weighted by Crippen LogP contribution is -2.27. The fourth-order valence-electron chi connectivity index (χ4n) is 2.26. The monoisotopic (exact) mass is 432 g/mol. The topological polar surface area (TPSA) is 127 Å². The van der Waals surface area contributed by atoms with Gasteiger partial charge in [-0.25, -0.2) is 5.43 Å². The summed E-state index contributed by atoms with van der Waals surface area (Å²) >= 11 is 6.85. The van der Waals surface area contributed by atoms with Gasteiger partial charge in [-0.1, -0.05) is 23.4 Å². The minimum Gasteiger partial charge on any atom is -0.425 e. The van der Waals surface area contributed by atoms with Crippen molar-refractivity contribution in [3.8, 4) is 5.75 Å². The Balaban J connectivity index is 1.55. The lowest BCUT2D eigenvalue weighted by molar-refractivity contribution is -0.135. The highest BCUT2D eigenvalue weighted by atomic mass is 35.5. The van der Waals surface area contributed by atoms with Crippen LogP contribution in [-0.4, -0.2) is 39.5 Å². The van der Waals surface area contributed by atoms with Crippen molar-refractivity contribution in [1.29, 1.82) is 0 Å². The van der Waals surface area contributed by atoms with E-state index < -0.39 is 28.3 Å². The molecule has 2 heterocycles. The molecule has 0 spiro atoms. The number of aromatic nitrogens is 1. The van der Waals surface area contributed by atoms with E-state index in [-0.39, 0.29) is 17.2 Å². The minimum absolute atomic E-state index is 0.101. The lowest BCUT2D eigenvalue weighted by Gasteiger charge is -2.08. The highest BCUT2D eigenvalue weighted by Gasteiger charge is 2.34. The summed E-state index contributed by atoms with van der Waals surface area (Å²) in [7, 11) is 0. The molecule has 0 saturated carbocycles. The van der Waals surface area contributed by atoms with E-state index in [2.05, 4.69) is 20.8 Å². The van der Waals surface area contributed by atoms with Crippen LogP contribution in [0, 0.1) is 0 Å². The first kappa shape index (κ1) is 20.5. The fourth-order valence-corrected chi connectivity index (χ4v) is 3.29. The largest absolute Gasteiger partial charge is 0.425 e. The molecule has 1 unspecified atom stereocenters. The van der Waals surface area contributed by atoms with Gasteiger partial charge in [0.25, 0.3) is 11.1 Å². The van der Waals surface area contributed by atoms with Crippen molar-refractivity contribution in [3.05, 3.63) is 58.9 Å². The summed E-state index contributed by atoms with van der Waals surface area (Å²) in [6.07, 6.45) is 4.10. The highest BCUT2D eigenvalue weighted by Crippen LogP contribution is 2.27. The normalized spacial score (nSPS) is 16.0. The summed E-state index contributed by atoms with van der Waals surface area (Å²) in [6.45, 7) is 0. The molecule has 9 nitrogen and oxygen atoms in total. The summed E-state index contributed by atoms with van der Waals surface area (Å²) in [5.74, 6) is -1.51. The standard InChI is InChI=1S/C18H13ClN4O5S/c19-12-7-10(9-21-23-16(25)11-3-5-20-6-4-11)1-2-13(12)28-15(24)8-14-17(26)22-18(27)29-14/h1-7,9,14H,8H2,(H,23,25)(H,22,26,27)/b21-9+. The number of imide groups is 1. The second kappa shape index (κ2) is 9.30. The third-order valence-corrected chi connectivity index (χ3v) is 4.90. The number of carbonyl (C=O) groups excluding carboxylic acids is 4. The maximum atomic E-state index is 12.0. The van der Waals surface area contributed by atoms with Crippen LogP contribution in [0.3, 0.4) is 0 Å². The van der Waals surface area contributed by atoms with Gasteiger partial charge in [-0.3, -0.25) is 29.5 Å². The number of amides is 3. The Bertz CT molecular complexity index is 999. The molecule has 0 radical (unpaired) electrons. The number of hydrogen-bond acceptors (Lipinski definition) is 8. The number of ether oxygens (including phenoxy) is 1. The van der Waals surface area contributed by atoms with Crippen LogP contribution in [0.15, 0.2) is 47.8 Å². The number of nitrogens with one attached hydrogen (secondary N) is 2. The van der Waals surface area contributed by atoms with E-state index in [4.69, 9.17) is 16.3 Å². The van der Waals surface area contributed by atoms with Gasteiger partial charge >= 0.3 is 5.97 Å². The van der Waals surface area contributed by atoms with Crippen molar-refractivity contribution in [2.75, 3.05) is 0 Å². The average molecular weight is 433 g/mol. The first-order valence-corrected chi connectivity index (χ1v) is 9.43. The molecule has 1 saturated heterocycles. The number of rotatable bonds is 6. The van der Waals surface area contributed by atoms with Gasteiger partial charge in [0.15, 0.2) is 0 Å². The number of carbonyl (C=O) groups is 4. The number of hydrazone groups is 1. The molecule has 3 amide bonds. The zero-order valence-electron chi connectivity index (χ0n) is 14.6. The SMILES string of the molecule is O=C(CC1SC(=O)NC1=O)Oc1ccc(/C=N/NC(=O)c2ccncc2)cc1Cl. The second-order valence-electron chi connectivity index (χ2n) is 5.69. The smallest absolute Gasteiger partial charge is 0.312 e. The predicted octanol–water partition coefficient (Wildman–Crippen LogP) is 2.15. The zero-order valence-corrected chi connectivity index (χ0v) is 16.2. The minimum atomic E-state index is -0.816. The summed E-state index contributed by atoms with van der Waals surface area (Å²) in [5.41, 5.74) is 3.34. The van der Waals surface area contributed by atoms with Gasteiger partial charge in [0.05, 0.1) is 17.7 Å². The van der Waals surface area contributed by atoms with Crippen molar-refractivity contribution in [2.24, 2.45) is 5.10 Å². The second-order valence-corrected chi connectivity index (χ2v) is 7.27. The zero-order chi connectivity index (χ0) is 20.8. The Hall–Kier alpha value is -3.24. The van der Waals surface area contributed by atoms with Crippen LogP contribution in [0.1, 0.15) is 22.3 Å². The molecule has 2 N–H and O–H groups in total. The summed E-state index contributed by atoms with van der Waals surface area (Å²) in [6, 6.07) is 7.63. The van der Waals surface area contributed by atoms with E-state index in [1.807, 2.05) is 0 Å². The predicted molar refractivity (Wildman–Crippen MR) is 106 cm³/mol. The first-order chi connectivity index (χ1) is 13.9. The van der Waals surface area contributed by atoms with E-state index in [9.17, 15) is 19.2 Å². The molecule has 1 fully saturated rings. The third-order valence-electron chi connectivity index (χ3n) is 3.62. The summed E-state index contributed by atoms with van der Waals surface area (Å²) < 4.78 is 5.15. The molecular formula is C18H13ClN4O5S. The average Bonchev–Trinajstić information content (AvgIpc) is 3.01. The van der Waals surface area contributed by atoms with Crippen molar-refractivity contribution in [3.63, 3.8) is 0 Å². The number of halogens is 1. The molecule has 0 aliphatic carbocycles. The van der Waals surface area contributed by atoms with E-state index in [0.29, 0.717) is 11.1 Å². The summed E-state index contributed by atoms with van der Waals surface area (Å²) in [5, 5.41) is 4.77. The molecule has 2 aromatic rings. The molecule has 1 atom stereocenters. The van der Waals surface area contributed by atoms with Crippen LogP contribution in [0.2, 0.25) is 5.02 Å². The third kappa shape index (κ3) is 5.62. The Morgan fingerprint density at radius 2 is 2.03 bits per heavy atom. The van der Waals surface area contributed by atoms with Crippen LogP contribution < -0.4 is 15.5 Å². The van der Waals surface area contributed by atoms with Crippen LogP contribution in [-0.2, 0) is 9.59 Å². The number of pyridine rings is 1. The van der Waals surface area contributed by atoms with Crippen molar-refractivity contribution >= 4 is 52.6 Å². The fraction of sp³-hybridized carbons (Fsp3) is 0.111. The Morgan fingerprint density at radius 3 is 2.69 bits per heavy atom. The van der Waals surface area contributed by atoms with E-state index in [1.165, 1.54) is 30.7 Å². The molecule has 29 heavy (non-hydrogen) atoms. The van der Waals surface area contributed by atoms with Gasteiger partial charge in [0, 0.05) is 18.0 Å². The molecule has 1 aromatic carbocycles. The van der Waals surface area contributed by atoms with Crippen LogP contribution in [0.25, 0.3) is 0 Å². The van der Waals surface area contributed by atoms with Crippen LogP contribution >= 0.6 is 23.4 Å². The molecule has 0 bridgehead atoms. The van der Waals surface area contributed by atoms with Crippen LogP contribution in [0.4, 0.5) is 4.79 Å². The first-order valence-electron chi connectivity index (χ1n) is 8.17. The number of hydrogen-bond donors (Lipinski definition) is 2. The number of esters is 1. The number of thioether (sulfide) groups is 1. The quantitative estimate of drug-likeness (QED) is 0.310. The van der Waals surface area contributed by atoms with E-state index in [1.54, 1.807) is 18.2 Å². The Kier molecular flexibility index (Phi) is 6.57. The number of nitrogens with zero attached hydrogens (tertiary/aromatic N) is 2. The van der Waals surface area contributed by atoms with Crippen molar-refractivity contribution < 1.29 is 23.9 Å². The number of benzene rings is 1. The van der Waals surface area contributed by atoms with E-state index in [0.717, 1.165) is 11.8 Å². The molecule has 1 aromatic heterocycles. The lowest BCUT2D eigenvalue weighted by atomic mass is 10.2. The Labute approximate surface area is 173 Å². The molecule has 11 heteroatoms. The Morgan fingerprint density at radius 1 is 1.28 bits per heavy atom. The van der Waals surface area contributed by atoms with Gasteiger partial charge in [0.2, 0.25) is 5.91 Å². The van der Waals surface area contributed by atoms with Crippen LogP contribution in [0.5, 0.6) is 5.75 Å². The molecule has 1 aliphatic rings. The van der Waals surface area contributed by atoms with Gasteiger partial charge in [-0.2, -0.15) is 5.10 Å². The van der Waals surface area contributed by atoms with Gasteiger partial charge in [-0.15, -0.1) is 0 Å². The van der Waals surface area contributed by atoms with Gasteiger partial charge < -0.3 is 4.74 Å². The van der Waals surface area contributed by atoms with Crippen molar-refractivity contribution in [1.82, 2.24) is 15.7 Å². The molecule has 148 valence electrons.